The minimum Gasteiger partial charge on any atom is -0.351 e. The molecule has 2 aromatic carbocycles. The number of nitrogens with zero attached hydrogens (tertiary/aromatic N) is 3. The van der Waals surface area contributed by atoms with E-state index in [9.17, 15) is 4.79 Å². The third kappa shape index (κ3) is 3.07. The number of carbonyl (C=O) groups excluding carboxylic acids is 1. The molecule has 5 nitrogen and oxygen atoms in total. The molecule has 0 bridgehead atoms. The first-order chi connectivity index (χ1) is 12.6. The lowest BCUT2D eigenvalue weighted by atomic mass is 10.1. The summed E-state index contributed by atoms with van der Waals surface area (Å²) in [6, 6.07) is 16.0. The van der Waals surface area contributed by atoms with Gasteiger partial charge >= 0.3 is 0 Å². The number of aromatic nitrogens is 3. The van der Waals surface area contributed by atoms with Gasteiger partial charge in [0.1, 0.15) is 0 Å². The Kier molecular flexibility index (Phi) is 3.97. The third-order valence-electron chi connectivity index (χ3n) is 4.29. The van der Waals surface area contributed by atoms with Gasteiger partial charge in [0.2, 0.25) is 5.91 Å². The molecular formula is C21H18N4O. The smallest absolute Gasteiger partial charge is 0.221 e. The molecule has 0 aliphatic heterocycles. The van der Waals surface area contributed by atoms with Gasteiger partial charge in [-0.2, -0.15) is 0 Å². The van der Waals surface area contributed by atoms with Gasteiger partial charge in [0.25, 0.3) is 0 Å². The Labute approximate surface area is 151 Å². The quantitative estimate of drug-likeness (QED) is 0.605. The number of hydrogen-bond acceptors (Lipinski definition) is 3. The number of nitrogens with one attached hydrogen (secondary N) is 1. The predicted octanol–water partition coefficient (Wildman–Crippen LogP) is 4.26. The molecule has 0 spiro atoms. The predicted molar refractivity (Wildman–Crippen MR) is 104 cm³/mol. The third-order valence-corrected chi connectivity index (χ3v) is 4.29. The normalized spacial score (nSPS) is 10.8. The lowest BCUT2D eigenvalue weighted by Crippen LogP contribution is -2.05. The van der Waals surface area contributed by atoms with E-state index in [4.69, 9.17) is 4.98 Å². The summed E-state index contributed by atoms with van der Waals surface area (Å²) in [6.45, 7) is 1.49. The lowest BCUT2D eigenvalue weighted by Gasteiger charge is -2.07. The fourth-order valence-electron chi connectivity index (χ4n) is 3.04. The van der Waals surface area contributed by atoms with Crippen molar-refractivity contribution in [2.24, 2.45) is 7.05 Å². The van der Waals surface area contributed by atoms with E-state index in [0.717, 1.165) is 28.2 Å². The Morgan fingerprint density at radius 1 is 1.00 bits per heavy atom. The molecule has 5 heteroatoms. The summed E-state index contributed by atoms with van der Waals surface area (Å²) in [5, 5.41) is 3.97. The van der Waals surface area contributed by atoms with E-state index >= 15 is 0 Å². The zero-order valence-corrected chi connectivity index (χ0v) is 14.6. The molecule has 4 rings (SSSR count). The largest absolute Gasteiger partial charge is 0.351 e. The molecule has 0 atom stereocenters. The summed E-state index contributed by atoms with van der Waals surface area (Å²) in [7, 11) is 2.03. The van der Waals surface area contributed by atoms with Crippen LogP contribution < -0.4 is 5.32 Å². The number of carbonyl (C=O) groups is 1. The van der Waals surface area contributed by atoms with Crippen LogP contribution in [0.3, 0.4) is 0 Å². The molecule has 2 heterocycles. The highest BCUT2D eigenvalue weighted by Crippen LogP contribution is 2.26. The van der Waals surface area contributed by atoms with Crippen LogP contribution in [0.15, 0.2) is 67.1 Å². The average Bonchev–Trinajstić information content (AvgIpc) is 3.02. The van der Waals surface area contributed by atoms with Gasteiger partial charge in [-0.1, -0.05) is 18.2 Å². The number of benzene rings is 2. The second kappa shape index (κ2) is 6.44. The van der Waals surface area contributed by atoms with Crippen LogP contribution >= 0.6 is 0 Å². The molecule has 0 unspecified atom stereocenters. The highest BCUT2D eigenvalue weighted by molar-refractivity contribution is 5.89. The van der Waals surface area contributed by atoms with Crippen LogP contribution in [0.1, 0.15) is 6.92 Å². The van der Waals surface area contributed by atoms with E-state index in [-0.39, 0.29) is 5.91 Å². The molecule has 4 aromatic rings. The number of hydrogen-bond donors (Lipinski definition) is 1. The summed E-state index contributed by atoms with van der Waals surface area (Å²) < 4.78 is 2.09. The Hall–Kier alpha value is -3.47. The van der Waals surface area contributed by atoms with Crippen LogP contribution in [0.2, 0.25) is 0 Å². The van der Waals surface area contributed by atoms with Crippen molar-refractivity contribution in [3.8, 4) is 22.5 Å². The highest BCUT2D eigenvalue weighted by Gasteiger charge is 2.07. The molecule has 0 saturated carbocycles. The molecule has 0 saturated heterocycles. The average molecular weight is 342 g/mol. The zero-order chi connectivity index (χ0) is 18.1. The van der Waals surface area contributed by atoms with E-state index < -0.39 is 0 Å². The van der Waals surface area contributed by atoms with E-state index in [1.54, 1.807) is 12.4 Å². The second-order valence-electron chi connectivity index (χ2n) is 6.25. The second-order valence-corrected chi connectivity index (χ2v) is 6.25. The molecular weight excluding hydrogens is 324 g/mol. The maximum Gasteiger partial charge on any atom is 0.221 e. The minimum absolute atomic E-state index is 0.0989. The molecule has 1 N–H and O–H groups in total. The van der Waals surface area contributed by atoms with Crippen molar-refractivity contribution in [1.29, 1.82) is 0 Å². The summed E-state index contributed by atoms with van der Waals surface area (Å²) in [5.74, 6) is -0.0989. The first-order valence-electron chi connectivity index (χ1n) is 8.36. The van der Waals surface area contributed by atoms with Gasteiger partial charge in [-0.15, -0.1) is 0 Å². The van der Waals surface area contributed by atoms with Crippen molar-refractivity contribution < 1.29 is 4.79 Å². The van der Waals surface area contributed by atoms with Gasteiger partial charge < -0.3 is 9.88 Å². The van der Waals surface area contributed by atoms with Crippen molar-refractivity contribution in [1.82, 2.24) is 14.5 Å². The minimum atomic E-state index is -0.0989. The maximum atomic E-state index is 11.3. The van der Waals surface area contributed by atoms with Crippen LogP contribution in [0.5, 0.6) is 0 Å². The van der Waals surface area contributed by atoms with Crippen molar-refractivity contribution in [3.05, 3.63) is 67.1 Å². The Bertz CT molecular complexity index is 1110. The van der Waals surface area contributed by atoms with Crippen molar-refractivity contribution in [3.63, 3.8) is 0 Å². The van der Waals surface area contributed by atoms with Crippen molar-refractivity contribution in [2.75, 3.05) is 5.32 Å². The summed E-state index contributed by atoms with van der Waals surface area (Å²) >= 11 is 0. The van der Waals surface area contributed by atoms with Crippen LogP contribution in [-0.4, -0.2) is 20.4 Å². The van der Waals surface area contributed by atoms with Crippen molar-refractivity contribution in [2.45, 2.75) is 6.92 Å². The lowest BCUT2D eigenvalue weighted by molar-refractivity contribution is -0.114. The van der Waals surface area contributed by atoms with E-state index in [1.807, 2.05) is 37.5 Å². The van der Waals surface area contributed by atoms with Gasteiger partial charge in [0.15, 0.2) is 0 Å². The summed E-state index contributed by atoms with van der Waals surface area (Å²) in [4.78, 5) is 20.4. The fraction of sp³-hybridized carbons (Fsp3) is 0.0952. The van der Waals surface area contributed by atoms with E-state index in [0.29, 0.717) is 0 Å². The topological polar surface area (TPSA) is 59.8 Å². The Morgan fingerprint density at radius 2 is 1.77 bits per heavy atom. The molecule has 0 fully saturated rings. The van der Waals surface area contributed by atoms with Crippen LogP contribution in [0, 0.1) is 0 Å². The highest BCUT2D eigenvalue weighted by atomic mass is 16.1. The Balaban J connectivity index is 1.73. The molecule has 26 heavy (non-hydrogen) atoms. The number of aryl methyl sites for hydroxylation is 1. The monoisotopic (exact) mass is 342 g/mol. The number of rotatable bonds is 3. The van der Waals surface area contributed by atoms with Crippen LogP contribution in [0.25, 0.3) is 33.4 Å². The molecule has 128 valence electrons. The zero-order valence-electron chi connectivity index (χ0n) is 14.6. The van der Waals surface area contributed by atoms with Gasteiger partial charge in [-0.05, 0) is 30.3 Å². The van der Waals surface area contributed by atoms with Crippen molar-refractivity contribution >= 4 is 22.5 Å². The first kappa shape index (κ1) is 16.0. The number of amides is 1. The fourth-order valence-corrected chi connectivity index (χ4v) is 3.04. The number of fused-ring (bicyclic) bond motifs is 1. The van der Waals surface area contributed by atoms with Crippen LogP contribution in [0.4, 0.5) is 5.69 Å². The summed E-state index contributed by atoms with van der Waals surface area (Å²) in [6.07, 6.45) is 5.55. The Morgan fingerprint density at radius 3 is 2.54 bits per heavy atom. The standard InChI is InChI=1S/C21H18N4O/c1-14(26)23-18-5-3-4-15(11-18)19-12-22-13-20(24-19)16-6-7-21-17(10-16)8-9-25(21)2/h3-13H,1-2H3,(H,23,26). The molecule has 0 aliphatic carbocycles. The van der Waals surface area contributed by atoms with E-state index in [1.165, 1.54) is 17.8 Å². The van der Waals surface area contributed by atoms with Gasteiger partial charge in [0, 0.05) is 47.9 Å². The number of anilines is 1. The molecule has 0 aliphatic rings. The van der Waals surface area contributed by atoms with Gasteiger partial charge in [-0.3, -0.25) is 9.78 Å². The maximum absolute atomic E-state index is 11.3. The summed E-state index contributed by atoms with van der Waals surface area (Å²) in [5.41, 5.74) is 5.44. The first-order valence-corrected chi connectivity index (χ1v) is 8.36. The molecule has 1 amide bonds. The van der Waals surface area contributed by atoms with Gasteiger partial charge in [0.05, 0.1) is 23.8 Å². The van der Waals surface area contributed by atoms with Gasteiger partial charge in [-0.25, -0.2) is 4.98 Å². The van der Waals surface area contributed by atoms with Crippen LogP contribution in [-0.2, 0) is 11.8 Å². The molecule has 2 aromatic heterocycles. The van der Waals surface area contributed by atoms with E-state index in [2.05, 4.69) is 39.1 Å². The molecule has 0 radical (unpaired) electrons. The SMILES string of the molecule is CC(=O)Nc1cccc(-c2cncc(-c3ccc4c(ccn4C)c3)n2)c1.